The van der Waals surface area contributed by atoms with E-state index in [1.807, 2.05) is 13.8 Å². The van der Waals surface area contributed by atoms with Gasteiger partial charge in [0.05, 0.1) is 22.8 Å². The van der Waals surface area contributed by atoms with Crippen molar-refractivity contribution in [2.45, 2.75) is 38.7 Å². The van der Waals surface area contributed by atoms with Crippen LogP contribution in [0.1, 0.15) is 31.2 Å². The van der Waals surface area contributed by atoms with Crippen LogP contribution in [0.2, 0.25) is 5.02 Å². The lowest BCUT2D eigenvalue weighted by Gasteiger charge is -2.21. The lowest BCUT2D eigenvalue weighted by atomic mass is 9.94. The van der Waals surface area contributed by atoms with Gasteiger partial charge in [-0.15, -0.1) is 0 Å². The van der Waals surface area contributed by atoms with Crippen molar-refractivity contribution < 1.29 is 9.53 Å². The summed E-state index contributed by atoms with van der Waals surface area (Å²) in [4.78, 5) is 12.2. The van der Waals surface area contributed by atoms with Gasteiger partial charge in [0.15, 0.2) is 5.78 Å². The lowest BCUT2D eigenvalue weighted by Crippen LogP contribution is -2.36. The third-order valence-electron chi connectivity index (χ3n) is 3.40. The molecule has 1 aromatic heterocycles. The first-order valence-electron chi connectivity index (χ1n) is 5.79. The molecule has 2 heterocycles. The summed E-state index contributed by atoms with van der Waals surface area (Å²) in [6, 6.07) is 0. The number of nitrogens with zero attached hydrogens (tertiary/aromatic N) is 2. The Morgan fingerprint density at radius 2 is 2.35 bits per heavy atom. The van der Waals surface area contributed by atoms with E-state index in [0.29, 0.717) is 11.6 Å². The monoisotopic (exact) mass is 256 g/mol. The van der Waals surface area contributed by atoms with Crippen molar-refractivity contribution in [3.63, 3.8) is 0 Å². The van der Waals surface area contributed by atoms with Crippen molar-refractivity contribution in [3.05, 3.63) is 16.4 Å². The number of aryl methyl sites for hydroxylation is 2. The summed E-state index contributed by atoms with van der Waals surface area (Å²) in [5.41, 5.74) is 0.891. The molecule has 4 nitrogen and oxygen atoms in total. The molecule has 1 atom stereocenters. The third kappa shape index (κ3) is 2.24. The molecule has 0 spiro atoms. The summed E-state index contributed by atoms with van der Waals surface area (Å²) < 4.78 is 7.21. The van der Waals surface area contributed by atoms with Gasteiger partial charge in [0.1, 0.15) is 5.60 Å². The highest BCUT2D eigenvalue weighted by molar-refractivity contribution is 6.32. The molecule has 0 aromatic carbocycles. The first-order valence-corrected chi connectivity index (χ1v) is 6.17. The fourth-order valence-corrected chi connectivity index (χ4v) is 2.44. The van der Waals surface area contributed by atoms with Crippen LogP contribution in [0, 0.1) is 6.92 Å². The third-order valence-corrected chi connectivity index (χ3v) is 3.89. The highest BCUT2D eigenvalue weighted by Crippen LogP contribution is 2.29. The lowest BCUT2D eigenvalue weighted by molar-refractivity contribution is -0.136. The van der Waals surface area contributed by atoms with Crippen molar-refractivity contribution in [2.24, 2.45) is 7.05 Å². The zero-order chi connectivity index (χ0) is 12.6. The molecular weight excluding hydrogens is 240 g/mol. The van der Waals surface area contributed by atoms with Gasteiger partial charge >= 0.3 is 0 Å². The first-order chi connectivity index (χ1) is 7.94. The van der Waals surface area contributed by atoms with E-state index in [0.717, 1.165) is 24.2 Å². The Kier molecular flexibility index (Phi) is 3.27. The second kappa shape index (κ2) is 4.42. The molecule has 0 radical (unpaired) electrons. The van der Waals surface area contributed by atoms with Crippen LogP contribution in [0.5, 0.6) is 0 Å². The summed E-state index contributed by atoms with van der Waals surface area (Å²) in [5.74, 6) is 0.0832. The van der Waals surface area contributed by atoms with Gasteiger partial charge in [-0.3, -0.25) is 9.48 Å². The van der Waals surface area contributed by atoms with Gasteiger partial charge in [-0.2, -0.15) is 5.10 Å². The van der Waals surface area contributed by atoms with Crippen molar-refractivity contribution in [1.82, 2.24) is 9.78 Å². The van der Waals surface area contributed by atoms with Crippen LogP contribution in [0.3, 0.4) is 0 Å². The topological polar surface area (TPSA) is 44.1 Å². The van der Waals surface area contributed by atoms with Crippen molar-refractivity contribution in [3.8, 4) is 0 Å². The van der Waals surface area contributed by atoms with Crippen LogP contribution in [-0.4, -0.2) is 27.8 Å². The standard InChI is InChI=1S/C12H17ClN2O2/c1-8-11(13)9(15(3)14-8)7-10(16)12(2)5-4-6-17-12/h4-7H2,1-3H3. The second-order valence-electron chi connectivity index (χ2n) is 4.75. The molecule has 1 aliphatic heterocycles. The number of ether oxygens (including phenoxy) is 1. The van der Waals surface area contributed by atoms with E-state index in [2.05, 4.69) is 5.10 Å². The molecule has 1 aliphatic rings. The number of ketones is 1. The van der Waals surface area contributed by atoms with Crippen LogP contribution in [0.25, 0.3) is 0 Å². The number of Topliss-reactive ketones (excluding diaryl/α,β-unsaturated/α-hetero) is 1. The van der Waals surface area contributed by atoms with E-state index in [1.165, 1.54) is 0 Å². The number of halogens is 1. The number of carbonyl (C=O) groups is 1. The minimum atomic E-state index is -0.637. The largest absolute Gasteiger partial charge is 0.367 e. The molecule has 5 heteroatoms. The van der Waals surface area contributed by atoms with Gasteiger partial charge in [0.2, 0.25) is 0 Å². The summed E-state index contributed by atoms with van der Waals surface area (Å²) in [5, 5.41) is 4.79. The Morgan fingerprint density at radius 3 is 2.82 bits per heavy atom. The molecule has 1 unspecified atom stereocenters. The second-order valence-corrected chi connectivity index (χ2v) is 5.13. The molecule has 1 saturated heterocycles. The fraction of sp³-hybridized carbons (Fsp3) is 0.667. The van der Waals surface area contributed by atoms with E-state index < -0.39 is 5.60 Å². The van der Waals surface area contributed by atoms with Gasteiger partial charge in [-0.25, -0.2) is 0 Å². The Labute approximate surface area is 106 Å². The van der Waals surface area contributed by atoms with Gasteiger partial charge in [-0.1, -0.05) is 11.6 Å². The summed E-state index contributed by atoms with van der Waals surface area (Å²) in [7, 11) is 1.80. The predicted molar refractivity (Wildman–Crippen MR) is 65.3 cm³/mol. The average Bonchev–Trinajstić information content (AvgIpc) is 2.80. The molecule has 94 valence electrons. The van der Waals surface area contributed by atoms with E-state index in [-0.39, 0.29) is 12.2 Å². The molecule has 1 fully saturated rings. The highest BCUT2D eigenvalue weighted by Gasteiger charge is 2.37. The Morgan fingerprint density at radius 1 is 1.65 bits per heavy atom. The van der Waals surface area contributed by atoms with Gasteiger partial charge < -0.3 is 4.74 Å². The molecule has 17 heavy (non-hydrogen) atoms. The van der Waals surface area contributed by atoms with Gasteiger partial charge in [0.25, 0.3) is 0 Å². The number of carbonyl (C=O) groups excluding carboxylic acids is 1. The molecular formula is C12H17ClN2O2. The zero-order valence-corrected chi connectivity index (χ0v) is 11.2. The van der Waals surface area contributed by atoms with Crippen LogP contribution >= 0.6 is 11.6 Å². The van der Waals surface area contributed by atoms with E-state index >= 15 is 0 Å². The highest BCUT2D eigenvalue weighted by atomic mass is 35.5. The molecule has 0 amide bonds. The summed E-state index contributed by atoms with van der Waals surface area (Å²) in [6.45, 7) is 4.37. The smallest absolute Gasteiger partial charge is 0.170 e. The van der Waals surface area contributed by atoms with Crippen molar-refractivity contribution in [2.75, 3.05) is 6.61 Å². The fourth-order valence-electron chi connectivity index (χ4n) is 2.21. The maximum Gasteiger partial charge on any atom is 0.170 e. The zero-order valence-electron chi connectivity index (χ0n) is 10.4. The number of hydrogen-bond donors (Lipinski definition) is 0. The maximum absolute atomic E-state index is 12.2. The first kappa shape index (κ1) is 12.6. The summed E-state index contributed by atoms with van der Waals surface area (Å²) in [6.07, 6.45) is 2.02. The number of hydrogen-bond acceptors (Lipinski definition) is 3. The molecule has 0 aliphatic carbocycles. The normalized spacial score (nSPS) is 24.2. The van der Waals surface area contributed by atoms with Crippen LogP contribution in [0.15, 0.2) is 0 Å². The maximum atomic E-state index is 12.2. The van der Waals surface area contributed by atoms with Crippen molar-refractivity contribution in [1.29, 1.82) is 0 Å². The van der Waals surface area contributed by atoms with E-state index in [4.69, 9.17) is 16.3 Å². The van der Waals surface area contributed by atoms with Gasteiger partial charge in [-0.05, 0) is 26.7 Å². The Bertz CT molecular complexity index is 448. The molecule has 0 N–H and O–H groups in total. The summed E-state index contributed by atoms with van der Waals surface area (Å²) >= 11 is 6.13. The van der Waals surface area contributed by atoms with E-state index in [1.54, 1.807) is 11.7 Å². The molecule has 0 bridgehead atoms. The Balaban J connectivity index is 2.18. The van der Waals surface area contributed by atoms with Crippen LogP contribution < -0.4 is 0 Å². The SMILES string of the molecule is Cc1nn(C)c(CC(=O)C2(C)CCCO2)c1Cl. The van der Waals surface area contributed by atoms with Crippen LogP contribution in [0.4, 0.5) is 0 Å². The van der Waals surface area contributed by atoms with Crippen LogP contribution in [-0.2, 0) is 23.0 Å². The predicted octanol–water partition coefficient (Wildman–Crippen LogP) is 2.06. The molecule has 0 saturated carbocycles. The average molecular weight is 257 g/mol. The Hall–Kier alpha value is -0.870. The number of aromatic nitrogens is 2. The molecule has 2 rings (SSSR count). The minimum absolute atomic E-state index is 0.0832. The molecule has 1 aromatic rings. The minimum Gasteiger partial charge on any atom is -0.367 e. The van der Waals surface area contributed by atoms with Gasteiger partial charge in [0, 0.05) is 13.7 Å². The van der Waals surface area contributed by atoms with E-state index in [9.17, 15) is 4.79 Å². The van der Waals surface area contributed by atoms with Crippen molar-refractivity contribution >= 4 is 17.4 Å². The number of rotatable bonds is 3. The quantitative estimate of drug-likeness (QED) is 0.832.